The molecule has 2 rings (SSSR count). The Balaban J connectivity index is 1.76. The van der Waals surface area contributed by atoms with E-state index in [0.29, 0.717) is 12.5 Å². The maximum atomic E-state index is 12.2. The first-order valence-corrected chi connectivity index (χ1v) is 7.00. The van der Waals surface area contributed by atoms with Crippen LogP contribution in [0.1, 0.15) is 26.2 Å². The Morgan fingerprint density at radius 1 is 1.35 bits per heavy atom. The third kappa shape index (κ3) is 4.28. The topological polar surface area (TPSA) is 35.6 Å². The van der Waals surface area contributed by atoms with E-state index in [4.69, 9.17) is 0 Å². The SMILES string of the molecule is CCN(CC(=O)N1CCCNCC1)CC1CC1. The zero-order valence-electron chi connectivity index (χ0n) is 11.0. The monoisotopic (exact) mass is 239 g/mol. The predicted molar refractivity (Wildman–Crippen MR) is 68.9 cm³/mol. The minimum Gasteiger partial charge on any atom is -0.340 e. The van der Waals surface area contributed by atoms with Gasteiger partial charge in [-0.1, -0.05) is 6.92 Å². The number of nitrogens with one attached hydrogen (secondary N) is 1. The number of hydrogen-bond acceptors (Lipinski definition) is 3. The van der Waals surface area contributed by atoms with Gasteiger partial charge >= 0.3 is 0 Å². The van der Waals surface area contributed by atoms with Crippen LogP contribution in [-0.4, -0.2) is 61.5 Å². The average molecular weight is 239 g/mol. The Bertz CT molecular complexity index is 245. The van der Waals surface area contributed by atoms with Crippen LogP contribution in [0.3, 0.4) is 0 Å². The van der Waals surface area contributed by atoms with Gasteiger partial charge in [0.1, 0.15) is 0 Å². The van der Waals surface area contributed by atoms with Gasteiger partial charge in [0.2, 0.25) is 5.91 Å². The van der Waals surface area contributed by atoms with E-state index in [1.54, 1.807) is 0 Å². The van der Waals surface area contributed by atoms with Crippen molar-refractivity contribution in [3.8, 4) is 0 Å². The van der Waals surface area contributed by atoms with Gasteiger partial charge in [0.15, 0.2) is 0 Å². The zero-order valence-corrected chi connectivity index (χ0v) is 11.0. The Kier molecular flexibility index (Phi) is 4.80. The smallest absolute Gasteiger partial charge is 0.236 e. The van der Waals surface area contributed by atoms with Crippen LogP contribution in [0.2, 0.25) is 0 Å². The molecule has 0 aromatic rings. The Labute approximate surface area is 104 Å². The molecule has 1 saturated carbocycles. The number of carbonyl (C=O) groups excluding carboxylic acids is 1. The standard InChI is InChI=1S/C13H25N3O/c1-2-15(10-12-4-5-12)11-13(17)16-8-3-6-14-7-9-16/h12,14H,2-11H2,1H3. The lowest BCUT2D eigenvalue weighted by Gasteiger charge is -2.25. The molecule has 0 atom stereocenters. The number of amides is 1. The first kappa shape index (κ1) is 12.8. The van der Waals surface area contributed by atoms with Crippen molar-refractivity contribution in [1.82, 2.24) is 15.1 Å². The van der Waals surface area contributed by atoms with Crippen molar-refractivity contribution in [2.24, 2.45) is 5.92 Å². The molecule has 0 unspecified atom stereocenters. The molecule has 1 aliphatic heterocycles. The number of nitrogens with zero attached hydrogens (tertiary/aromatic N) is 2. The summed E-state index contributed by atoms with van der Waals surface area (Å²) in [5, 5.41) is 3.33. The van der Waals surface area contributed by atoms with Crippen LogP contribution in [0.5, 0.6) is 0 Å². The summed E-state index contributed by atoms with van der Waals surface area (Å²) < 4.78 is 0. The van der Waals surface area contributed by atoms with Crippen molar-refractivity contribution >= 4 is 5.91 Å². The largest absolute Gasteiger partial charge is 0.340 e. The third-order valence-corrected chi connectivity index (χ3v) is 3.71. The van der Waals surface area contributed by atoms with Gasteiger partial charge in [-0.15, -0.1) is 0 Å². The predicted octanol–water partition coefficient (Wildman–Crippen LogP) is 0.540. The van der Waals surface area contributed by atoms with Gasteiger partial charge < -0.3 is 10.2 Å². The minimum atomic E-state index is 0.316. The number of carbonyl (C=O) groups is 1. The number of likely N-dealkylation sites (N-methyl/N-ethyl adjacent to an activating group) is 1. The second-order valence-corrected chi connectivity index (χ2v) is 5.26. The molecule has 0 aromatic carbocycles. The highest BCUT2D eigenvalue weighted by atomic mass is 16.2. The summed E-state index contributed by atoms with van der Waals surface area (Å²) in [4.78, 5) is 16.5. The van der Waals surface area contributed by atoms with Crippen LogP contribution in [0.15, 0.2) is 0 Å². The van der Waals surface area contributed by atoms with E-state index in [2.05, 4.69) is 17.1 Å². The van der Waals surface area contributed by atoms with Gasteiger partial charge in [0.25, 0.3) is 0 Å². The molecule has 0 aromatic heterocycles. The first-order valence-electron chi connectivity index (χ1n) is 7.00. The van der Waals surface area contributed by atoms with Gasteiger partial charge in [-0.2, -0.15) is 0 Å². The van der Waals surface area contributed by atoms with E-state index in [-0.39, 0.29) is 0 Å². The van der Waals surface area contributed by atoms with Crippen LogP contribution in [-0.2, 0) is 4.79 Å². The summed E-state index contributed by atoms with van der Waals surface area (Å²) in [7, 11) is 0. The second-order valence-electron chi connectivity index (χ2n) is 5.26. The molecule has 4 nitrogen and oxygen atoms in total. The Hall–Kier alpha value is -0.610. The summed E-state index contributed by atoms with van der Waals surface area (Å²) in [6, 6.07) is 0. The van der Waals surface area contributed by atoms with Crippen LogP contribution in [0.25, 0.3) is 0 Å². The maximum Gasteiger partial charge on any atom is 0.236 e. The lowest BCUT2D eigenvalue weighted by atomic mass is 10.3. The average Bonchev–Trinajstić information content (AvgIpc) is 3.14. The normalized spacial score (nSPS) is 21.6. The lowest BCUT2D eigenvalue weighted by molar-refractivity contribution is -0.132. The van der Waals surface area contributed by atoms with E-state index >= 15 is 0 Å². The van der Waals surface area contributed by atoms with E-state index in [9.17, 15) is 4.79 Å². The fourth-order valence-corrected chi connectivity index (χ4v) is 2.36. The first-order chi connectivity index (χ1) is 8.29. The quantitative estimate of drug-likeness (QED) is 0.760. The molecule has 1 amide bonds. The third-order valence-electron chi connectivity index (χ3n) is 3.71. The molecule has 4 heteroatoms. The van der Waals surface area contributed by atoms with Crippen molar-refractivity contribution in [1.29, 1.82) is 0 Å². The Morgan fingerprint density at radius 2 is 2.18 bits per heavy atom. The molecule has 0 radical (unpaired) electrons. The van der Waals surface area contributed by atoms with E-state index in [1.807, 2.05) is 4.90 Å². The van der Waals surface area contributed by atoms with Crippen molar-refractivity contribution in [2.45, 2.75) is 26.2 Å². The lowest BCUT2D eigenvalue weighted by Crippen LogP contribution is -2.42. The summed E-state index contributed by atoms with van der Waals surface area (Å²) in [6.45, 7) is 8.67. The Morgan fingerprint density at radius 3 is 2.88 bits per heavy atom. The van der Waals surface area contributed by atoms with Crippen molar-refractivity contribution < 1.29 is 4.79 Å². The summed E-state index contributed by atoms with van der Waals surface area (Å²) >= 11 is 0. The molecule has 98 valence electrons. The molecule has 2 fully saturated rings. The van der Waals surface area contributed by atoms with Crippen LogP contribution in [0.4, 0.5) is 0 Å². The van der Waals surface area contributed by atoms with Gasteiger partial charge in [-0.3, -0.25) is 9.69 Å². The highest BCUT2D eigenvalue weighted by molar-refractivity contribution is 5.78. The van der Waals surface area contributed by atoms with Crippen molar-refractivity contribution in [2.75, 3.05) is 45.8 Å². The van der Waals surface area contributed by atoms with Crippen LogP contribution in [0, 0.1) is 5.92 Å². The number of rotatable bonds is 5. The van der Waals surface area contributed by atoms with Gasteiger partial charge in [-0.05, 0) is 38.3 Å². The fraction of sp³-hybridized carbons (Fsp3) is 0.923. The van der Waals surface area contributed by atoms with Crippen LogP contribution >= 0.6 is 0 Å². The minimum absolute atomic E-state index is 0.316. The fourth-order valence-electron chi connectivity index (χ4n) is 2.36. The second kappa shape index (κ2) is 6.36. The molecule has 1 saturated heterocycles. The van der Waals surface area contributed by atoms with Gasteiger partial charge in [0, 0.05) is 26.2 Å². The maximum absolute atomic E-state index is 12.2. The molecule has 1 heterocycles. The highest BCUT2D eigenvalue weighted by Crippen LogP contribution is 2.29. The van der Waals surface area contributed by atoms with Crippen molar-refractivity contribution in [3.05, 3.63) is 0 Å². The highest BCUT2D eigenvalue weighted by Gasteiger charge is 2.25. The molecule has 1 N–H and O–H groups in total. The van der Waals surface area contributed by atoms with Gasteiger partial charge in [0.05, 0.1) is 6.54 Å². The molecule has 1 aliphatic carbocycles. The molecule has 17 heavy (non-hydrogen) atoms. The summed E-state index contributed by atoms with van der Waals surface area (Å²) in [5.41, 5.74) is 0. The van der Waals surface area contributed by atoms with E-state index in [1.165, 1.54) is 12.8 Å². The van der Waals surface area contributed by atoms with Crippen molar-refractivity contribution in [3.63, 3.8) is 0 Å². The summed E-state index contributed by atoms with van der Waals surface area (Å²) in [6.07, 6.45) is 3.80. The summed E-state index contributed by atoms with van der Waals surface area (Å²) in [5.74, 6) is 1.18. The van der Waals surface area contributed by atoms with Gasteiger partial charge in [-0.25, -0.2) is 0 Å². The zero-order chi connectivity index (χ0) is 12.1. The molecular weight excluding hydrogens is 214 g/mol. The number of hydrogen-bond donors (Lipinski definition) is 1. The van der Waals surface area contributed by atoms with Crippen LogP contribution < -0.4 is 5.32 Å². The molecular formula is C13H25N3O. The molecule has 0 bridgehead atoms. The van der Waals surface area contributed by atoms with E-state index in [0.717, 1.165) is 51.6 Å². The molecule has 2 aliphatic rings. The van der Waals surface area contributed by atoms with E-state index < -0.39 is 0 Å². The molecule has 0 spiro atoms.